The number of amides is 1. The zero-order chi connectivity index (χ0) is 20.4. The highest BCUT2D eigenvalue weighted by molar-refractivity contribution is 7.91. The van der Waals surface area contributed by atoms with Crippen LogP contribution < -0.4 is 5.32 Å². The Morgan fingerprint density at radius 2 is 1.86 bits per heavy atom. The summed E-state index contributed by atoms with van der Waals surface area (Å²) in [5, 5.41) is 4.70. The molecule has 3 heterocycles. The third-order valence-electron chi connectivity index (χ3n) is 5.13. The fourth-order valence-electron chi connectivity index (χ4n) is 3.55. The maximum Gasteiger partial charge on any atom is 0.253 e. The van der Waals surface area contributed by atoms with Crippen molar-refractivity contribution in [3.63, 3.8) is 0 Å². The smallest absolute Gasteiger partial charge is 0.253 e. The van der Waals surface area contributed by atoms with E-state index in [0.717, 1.165) is 28.0 Å². The molecule has 8 heteroatoms. The van der Waals surface area contributed by atoms with Crippen molar-refractivity contribution in [1.82, 2.24) is 14.6 Å². The van der Waals surface area contributed by atoms with E-state index < -0.39 is 16.1 Å². The molecule has 0 saturated carbocycles. The lowest BCUT2D eigenvalue weighted by Gasteiger charge is -2.35. The van der Waals surface area contributed by atoms with Gasteiger partial charge in [0.15, 0.2) is 0 Å². The van der Waals surface area contributed by atoms with Crippen molar-refractivity contribution in [3.05, 3.63) is 83.0 Å². The number of carbonyl (C=O) groups is 1. The maximum absolute atomic E-state index is 13.3. The maximum atomic E-state index is 13.3. The summed E-state index contributed by atoms with van der Waals surface area (Å²) in [5.41, 5.74) is 2.85. The van der Waals surface area contributed by atoms with Gasteiger partial charge in [0.05, 0.1) is 6.04 Å². The number of aromatic nitrogens is 1. The zero-order valence-corrected chi connectivity index (χ0v) is 17.5. The Kier molecular flexibility index (Phi) is 5.49. The van der Waals surface area contributed by atoms with E-state index in [1.54, 1.807) is 29.9 Å². The highest BCUT2D eigenvalue weighted by Crippen LogP contribution is 2.31. The van der Waals surface area contributed by atoms with Crippen molar-refractivity contribution in [2.45, 2.75) is 36.2 Å². The molecule has 4 rings (SSSR count). The van der Waals surface area contributed by atoms with Crippen LogP contribution in [-0.4, -0.2) is 29.7 Å². The minimum Gasteiger partial charge on any atom is -0.348 e. The highest BCUT2D eigenvalue weighted by atomic mass is 32.2. The quantitative estimate of drug-likeness (QED) is 0.678. The molecule has 0 fully saturated rings. The van der Waals surface area contributed by atoms with Crippen LogP contribution in [0.1, 0.15) is 29.7 Å². The SMILES string of the molecule is CC(NC(=O)C1Cc2ccccc2CN1S(=O)(=O)c1cccs1)c1ccncc1. The normalized spacial score (nSPS) is 18.0. The molecule has 3 aromatic rings. The Labute approximate surface area is 174 Å². The minimum absolute atomic E-state index is 0.179. The number of hydrogen-bond acceptors (Lipinski definition) is 5. The summed E-state index contributed by atoms with van der Waals surface area (Å²) in [4.78, 5) is 17.2. The third-order valence-corrected chi connectivity index (χ3v) is 8.36. The molecule has 1 amide bonds. The van der Waals surface area contributed by atoms with Gasteiger partial charge in [-0.2, -0.15) is 4.31 Å². The fraction of sp³-hybridized carbons (Fsp3) is 0.238. The van der Waals surface area contributed by atoms with E-state index >= 15 is 0 Å². The monoisotopic (exact) mass is 427 g/mol. The molecule has 29 heavy (non-hydrogen) atoms. The number of sulfonamides is 1. The van der Waals surface area contributed by atoms with Gasteiger partial charge in [0.25, 0.3) is 10.0 Å². The summed E-state index contributed by atoms with van der Waals surface area (Å²) in [6, 6.07) is 13.6. The molecule has 150 valence electrons. The summed E-state index contributed by atoms with van der Waals surface area (Å²) in [6.45, 7) is 2.06. The van der Waals surface area contributed by atoms with Gasteiger partial charge < -0.3 is 5.32 Å². The lowest BCUT2D eigenvalue weighted by molar-refractivity contribution is -0.125. The molecule has 1 aliphatic rings. The molecule has 2 unspecified atom stereocenters. The molecule has 1 N–H and O–H groups in total. The van der Waals surface area contributed by atoms with E-state index in [1.807, 2.05) is 43.3 Å². The first kappa shape index (κ1) is 19.8. The second kappa shape index (κ2) is 8.06. The Morgan fingerprint density at radius 1 is 1.14 bits per heavy atom. The molecule has 0 saturated heterocycles. The molecule has 0 bridgehead atoms. The van der Waals surface area contributed by atoms with Crippen LogP contribution in [0.15, 0.2) is 70.5 Å². The fourth-order valence-corrected chi connectivity index (χ4v) is 6.23. The van der Waals surface area contributed by atoms with Gasteiger partial charge in [0, 0.05) is 18.9 Å². The minimum atomic E-state index is -3.78. The molecule has 2 aromatic heterocycles. The van der Waals surface area contributed by atoms with E-state index in [1.165, 1.54) is 4.31 Å². The Bertz CT molecular complexity index is 1100. The number of benzene rings is 1. The Hall–Kier alpha value is -2.55. The molecule has 0 aliphatic carbocycles. The van der Waals surface area contributed by atoms with Crippen molar-refractivity contribution in [2.24, 2.45) is 0 Å². The van der Waals surface area contributed by atoms with Gasteiger partial charge in [-0.1, -0.05) is 30.3 Å². The first-order valence-electron chi connectivity index (χ1n) is 9.29. The van der Waals surface area contributed by atoms with Gasteiger partial charge in [-0.05, 0) is 53.6 Å². The molecule has 6 nitrogen and oxygen atoms in total. The summed E-state index contributed by atoms with van der Waals surface area (Å²) < 4.78 is 28.1. The molecule has 0 radical (unpaired) electrons. The second-order valence-electron chi connectivity index (χ2n) is 6.98. The first-order valence-corrected chi connectivity index (χ1v) is 11.6. The van der Waals surface area contributed by atoms with Crippen molar-refractivity contribution in [3.8, 4) is 0 Å². The molecule has 1 aliphatic heterocycles. The topological polar surface area (TPSA) is 79.4 Å². The average molecular weight is 428 g/mol. The molecule has 0 spiro atoms. The standard InChI is InChI=1S/C21H21N3O3S2/c1-15(16-8-10-22-11-9-16)23-21(25)19-13-17-5-2-3-6-18(17)14-24(19)29(26,27)20-7-4-12-28-20/h2-12,15,19H,13-14H2,1H3,(H,23,25). The summed E-state index contributed by atoms with van der Waals surface area (Å²) in [5.74, 6) is -0.302. The molecule has 2 atom stereocenters. The summed E-state index contributed by atoms with van der Waals surface area (Å²) >= 11 is 1.16. The van der Waals surface area contributed by atoms with E-state index in [-0.39, 0.29) is 22.7 Å². The lowest BCUT2D eigenvalue weighted by atomic mass is 9.95. The van der Waals surface area contributed by atoms with Crippen LogP contribution in [0.2, 0.25) is 0 Å². The molecular formula is C21H21N3O3S2. The van der Waals surface area contributed by atoms with Gasteiger partial charge in [-0.15, -0.1) is 11.3 Å². The van der Waals surface area contributed by atoms with Crippen LogP contribution in [0.5, 0.6) is 0 Å². The lowest BCUT2D eigenvalue weighted by Crippen LogP contribution is -2.52. The number of rotatable bonds is 5. The van der Waals surface area contributed by atoms with Gasteiger partial charge in [-0.25, -0.2) is 8.42 Å². The van der Waals surface area contributed by atoms with Crippen LogP contribution in [0.4, 0.5) is 0 Å². The number of carbonyl (C=O) groups excluding carboxylic acids is 1. The number of nitrogens with one attached hydrogen (secondary N) is 1. The highest BCUT2D eigenvalue weighted by Gasteiger charge is 2.40. The summed E-state index contributed by atoms with van der Waals surface area (Å²) in [6.07, 6.45) is 3.68. The zero-order valence-electron chi connectivity index (χ0n) is 15.9. The summed E-state index contributed by atoms with van der Waals surface area (Å²) in [7, 11) is -3.78. The van der Waals surface area contributed by atoms with Gasteiger partial charge in [-0.3, -0.25) is 9.78 Å². The van der Waals surface area contributed by atoms with E-state index in [2.05, 4.69) is 10.3 Å². The average Bonchev–Trinajstić information content (AvgIpc) is 3.29. The van der Waals surface area contributed by atoms with E-state index in [0.29, 0.717) is 6.42 Å². The van der Waals surface area contributed by atoms with Crippen molar-refractivity contribution < 1.29 is 13.2 Å². The van der Waals surface area contributed by atoms with Crippen LogP contribution >= 0.6 is 11.3 Å². The Morgan fingerprint density at radius 3 is 2.55 bits per heavy atom. The van der Waals surface area contributed by atoms with Gasteiger partial charge >= 0.3 is 0 Å². The van der Waals surface area contributed by atoms with Crippen LogP contribution in [0.3, 0.4) is 0 Å². The second-order valence-corrected chi connectivity index (χ2v) is 10.0. The number of fused-ring (bicyclic) bond motifs is 1. The number of hydrogen-bond donors (Lipinski definition) is 1. The van der Waals surface area contributed by atoms with E-state index in [9.17, 15) is 13.2 Å². The number of pyridine rings is 1. The molecular weight excluding hydrogens is 406 g/mol. The largest absolute Gasteiger partial charge is 0.348 e. The predicted molar refractivity (Wildman–Crippen MR) is 112 cm³/mol. The van der Waals surface area contributed by atoms with Crippen molar-refractivity contribution in [2.75, 3.05) is 0 Å². The predicted octanol–water partition coefficient (Wildman–Crippen LogP) is 3.14. The number of thiophene rings is 1. The van der Waals surface area contributed by atoms with E-state index in [4.69, 9.17) is 0 Å². The van der Waals surface area contributed by atoms with Crippen LogP contribution in [0.25, 0.3) is 0 Å². The first-order chi connectivity index (χ1) is 14.0. The number of nitrogens with zero attached hydrogens (tertiary/aromatic N) is 2. The van der Waals surface area contributed by atoms with Crippen molar-refractivity contribution in [1.29, 1.82) is 0 Å². The van der Waals surface area contributed by atoms with Crippen LogP contribution in [0, 0.1) is 0 Å². The van der Waals surface area contributed by atoms with Crippen molar-refractivity contribution >= 4 is 27.3 Å². The Balaban J connectivity index is 1.66. The van der Waals surface area contributed by atoms with Gasteiger partial charge in [0.2, 0.25) is 5.91 Å². The third kappa shape index (κ3) is 3.96. The van der Waals surface area contributed by atoms with Crippen LogP contribution in [-0.2, 0) is 27.8 Å². The molecule has 1 aromatic carbocycles. The van der Waals surface area contributed by atoms with Gasteiger partial charge in [0.1, 0.15) is 10.3 Å².